The number of aryl methyl sites for hydroxylation is 1. The maximum Gasteiger partial charge on any atom is 0.317 e. The molecule has 1 atom stereocenters. The van der Waals surface area contributed by atoms with E-state index < -0.39 is 23.9 Å². The van der Waals surface area contributed by atoms with E-state index in [2.05, 4.69) is 0 Å². The Morgan fingerprint density at radius 2 is 1.07 bits per heavy atom. The third-order valence-electron chi connectivity index (χ3n) is 7.28. The maximum absolute atomic E-state index is 13.0. The van der Waals surface area contributed by atoms with Crippen LogP contribution in [0.15, 0.2) is 24.3 Å². The summed E-state index contributed by atoms with van der Waals surface area (Å²) in [6, 6.07) is 6.96. The summed E-state index contributed by atoms with van der Waals surface area (Å²) in [5.41, 5.74) is 7.82. The van der Waals surface area contributed by atoms with Crippen molar-refractivity contribution in [1.29, 1.82) is 0 Å². The fourth-order valence-corrected chi connectivity index (χ4v) is 4.86. The van der Waals surface area contributed by atoms with Crippen molar-refractivity contribution in [2.24, 2.45) is 5.73 Å². The van der Waals surface area contributed by atoms with Crippen LogP contribution in [0.25, 0.3) is 0 Å². The molecule has 1 heterocycles. The Hall–Kier alpha value is -1.95. The van der Waals surface area contributed by atoms with Gasteiger partial charge in [-0.05, 0) is 24.0 Å². The molecule has 0 spiro atoms. The van der Waals surface area contributed by atoms with E-state index in [1.165, 1.54) is 7.11 Å². The molecule has 0 aliphatic carbocycles. The molecular formula is C29H45GdN5O9. The van der Waals surface area contributed by atoms with Gasteiger partial charge in [-0.25, -0.2) is 0 Å². The van der Waals surface area contributed by atoms with Gasteiger partial charge in [0, 0.05) is 106 Å². The maximum atomic E-state index is 13.0. The van der Waals surface area contributed by atoms with E-state index in [1.807, 2.05) is 29.2 Å². The number of nitrogens with zero attached hydrogens (tertiary/aromatic N) is 4. The van der Waals surface area contributed by atoms with Crippen LogP contribution in [0.3, 0.4) is 0 Å². The first-order valence-electron chi connectivity index (χ1n) is 14.4. The molecule has 0 radical (unpaired) electrons. The van der Waals surface area contributed by atoms with Gasteiger partial charge >= 0.3 is 17.9 Å². The molecule has 1 aliphatic heterocycles. The second-order valence-electron chi connectivity index (χ2n) is 10.9. The van der Waals surface area contributed by atoms with Crippen molar-refractivity contribution in [2.45, 2.75) is 25.3 Å². The molecule has 1 aromatic rings. The molecule has 0 bridgehead atoms. The van der Waals surface area contributed by atoms with Crippen LogP contribution in [0.4, 0.5) is 0 Å². The SMILES string of the molecule is COCC(=O)[C@H](N)Cc1ccc(CCC(=O)CN2CCN(CC(=O)O)CCN(CC(=O)O)CCN(CC(=O)O)CC2)cc1.[Gd]. The van der Waals surface area contributed by atoms with E-state index in [9.17, 15) is 39.3 Å². The first-order valence-corrected chi connectivity index (χ1v) is 14.4. The number of hydrogen-bond acceptors (Lipinski definition) is 11. The van der Waals surface area contributed by atoms with Crippen LogP contribution < -0.4 is 5.73 Å². The second-order valence-corrected chi connectivity index (χ2v) is 10.9. The Balaban J connectivity index is 0.00000968. The molecule has 15 heteroatoms. The Morgan fingerprint density at radius 3 is 1.43 bits per heavy atom. The molecule has 1 aliphatic rings. The largest absolute Gasteiger partial charge is 0.480 e. The smallest absolute Gasteiger partial charge is 0.317 e. The van der Waals surface area contributed by atoms with Crippen molar-refractivity contribution in [3.63, 3.8) is 0 Å². The third-order valence-corrected chi connectivity index (χ3v) is 7.28. The minimum Gasteiger partial charge on any atom is -0.480 e. The number of aliphatic carboxylic acids is 3. The molecule has 44 heavy (non-hydrogen) atoms. The first kappa shape index (κ1) is 40.1. The van der Waals surface area contributed by atoms with E-state index in [-0.39, 0.29) is 84.3 Å². The number of ketones is 2. The Kier molecular flexibility index (Phi) is 19.8. The number of Topliss-reactive ketones (excluding diaryl/α,β-unsaturated/α-hetero) is 2. The zero-order chi connectivity index (χ0) is 31.8. The second kappa shape index (κ2) is 21.7. The molecule has 5 N–H and O–H groups in total. The average Bonchev–Trinajstić information content (AvgIpc) is 2.93. The number of carboxylic acids is 3. The van der Waals surface area contributed by atoms with Gasteiger partial charge in [-0.1, -0.05) is 24.3 Å². The first-order chi connectivity index (χ1) is 20.4. The van der Waals surface area contributed by atoms with Crippen molar-refractivity contribution in [3.05, 3.63) is 35.4 Å². The topological polar surface area (TPSA) is 194 Å². The summed E-state index contributed by atoms with van der Waals surface area (Å²) < 4.78 is 4.85. The predicted octanol–water partition coefficient (Wildman–Crippen LogP) is -1.25. The molecule has 0 amide bonds. The Bertz CT molecular complexity index is 1040. The minimum atomic E-state index is -1.01. The van der Waals surface area contributed by atoms with E-state index >= 15 is 0 Å². The normalized spacial score (nSPS) is 17.0. The number of nitrogens with two attached hydrogens (primary N) is 1. The van der Waals surface area contributed by atoms with Crippen LogP contribution in [-0.2, 0) is 41.6 Å². The summed E-state index contributed by atoms with van der Waals surface area (Å²) in [6.45, 7) is 2.24. The fourth-order valence-electron chi connectivity index (χ4n) is 4.86. The van der Waals surface area contributed by atoms with E-state index in [1.54, 1.807) is 14.7 Å². The molecule has 0 aromatic heterocycles. The Labute approximate surface area is 290 Å². The number of carbonyl (C=O) groups is 5. The van der Waals surface area contributed by atoms with Crippen LogP contribution in [0.1, 0.15) is 17.5 Å². The molecule has 0 saturated carbocycles. The summed E-state index contributed by atoms with van der Waals surface area (Å²) in [6.07, 6.45) is 1.21. The van der Waals surface area contributed by atoms with Gasteiger partial charge in [-0.15, -0.1) is 0 Å². The molecular weight excluding hydrogens is 720 g/mol. The van der Waals surface area contributed by atoms with Gasteiger partial charge in [-0.3, -0.25) is 43.6 Å². The summed E-state index contributed by atoms with van der Waals surface area (Å²) in [5, 5.41) is 28.0. The number of ether oxygens (including phenoxy) is 1. The van der Waals surface area contributed by atoms with Gasteiger partial charge in [0.15, 0.2) is 5.78 Å². The quantitative estimate of drug-likeness (QED) is 0.156. The number of rotatable bonds is 16. The van der Waals surface area contributed by atoms with Gasteiger partial charge in [0.25, 0.3) is 0 Å². The van der Waals surface area contributed by atoms with Crippen molar-refractivity contribution in [2.75, 3.05) is 92.3 Å². The van der Waals surface area contributed by atoms with Crippen LogP contribution in [0.2, 0.25) is 0 Å². The average molecular weight is 765 g/mol. The van der Waals surface area contributed by atoms with Gasteiger partial charge < -0.3 is 25.8 Å². The van der Waals surface area contributed by atoms with E-state index in [0.717, 1.165) is 11.1 Å². The van der Waals surface area contributed by atoms with E-state index in [4.69, 9.17) is 10.5 Å². The molecule has 2 rings (SSSR count). The molecule has 14 nitrogen and oxygen atoms in total. The molecule has 0 unspecified atom stereocenters. The van der Waals surface area contributed by atoms with Crippen molar-refractivity contribution in [1.82, 2.24) is 19.6 Å². The van der Waals surface area contributed by atoms with Gasteiger partial charge in [0.1, 0.15) is 12.4 Å². The van der Waals surface area contributed by atoms with Crippen molar-refractivity contribution >= 4 is 29.5 Å². The van der Waals surface area contributed by atoms with E-state index in [0.29, 0.717) is 71.6 Å². The number of benzene rings is 1. The summed E-state index contributed by atoms with van der Waals surface area (Å²) in [7, 11) is 1.45. The van der Waals surface area contributed by atoms with Crippen LogP contribution in [0, 0.1) is 39.9 Å². The zero-order valence-electron chi connectivity index (χ0n) is 25.2. The van der Waals surface area contributed by atoms with Crippen molar-refractivity contribution in [3.8, 4) is 0 Å². The number of carboxylic acid groups (broad SMARTS) is 3. The number of hydrogen-bond donors (Lipinski definition) is 4. The monoisotopic (exact) mass is 765 g/mol. The fraction of sp³-hybridized carbons (Fsp3) is 0.621. The zero-order valence-corrected chi connectivity index (χ0v) is 27.5. The van der Waals surface area contributed by atoms with Crippen LogP contribution >= 0.6 is 0 Å². The Morgan fingerprint density at radius 1 is 0.705 bits per heavy atom. The van der Waals surface area contributed by atoms with Crippen LogP contribution in [-0.4, -0.2) is 163 Å². The minimum absolute atomic E-state index is 0. The summed E-state index contributed by atoms with van der Waals surface area (Å²) >= 11 is 0. The molecule has 1 saturated heterocycles. The summed E-state index contributed by atoms with van der Waals surface area (Å²) in [5.74, 6) is -3.17. The number of carbonyl (C=O) groups excluding carboxylic acids is 2. The molecule has 1 fully saturated rings. The van der Waals surface area contributed by atoms with Crippen molar-refractivity contribution < 1.29 is 84.0 Å². The van der Waals surface area contributed by atoms with Gasteiger partial charge in [0.2, 0.25) is 0 Å². The third kappa shape index (κ3) is 16.9. The van der Waals surface area contributed by atoms with Gasteiger partial charge in [-0.2, -0.15) is 0 Å². The van der Waals surface area contributed by atoms with Crippen LogP contribution in [0.5, 0.6) is 0 Å². The summed E-state index contributed by atoms with van der Waals surface area (Å²) in [4.78, 5) is 66.1. The molecule has 1 aromatic carbocycles. The van der Waals surface area contributed by atoms with Gasteiger partial charge in [0.05, 0.1) is 32.2 Å². The molecule has 248 valence electrons. The number of methoxy groups -OCH3 is 1. The predicted molar refractivity (Wildman–Crippen MR) is 157 cm³/mol. The standard InChI is InChI=1S/C29H45N5O9.Gd/c1-43-21-26(36)25(30)16-23-4-2-22(3-5-23)6-7-24(35)17-31-8-10-32(18-27(37)38)12-14-34(20-29(41)42)15-13-33(11-9-31)19-28(39)40;/h2-5,25H,6-21,30H2,1H3,(H,37,38)(H,39,40)(H,41,42);/t25-;/m1./s1.